The third-order valence-electron chi connectivity index (χ3n) is 10.2. The average Bonchev–Trinajstić information content (AvgIpc) is 3.04. The zero-order valence-corrected chi connectivity index (χ0v) is 18.8. The first-order chi connectivity index (χ1) is 13.4. The summed E-state index contributed by atoms with van der Waals surface area (Å²) in [6.45, 7) is 7.60. The second-order valence-electron chi connectivity index (χ2n) is 11.0. The molecule has 0 heterocycles. The zero-order valence-electron chi connectivity index (χ0n) is 18.8. The van der Waals surface area contributed by atoms with Crippen LogP contribution in [-0.2, 0) is 4.79 Å². The Labute approximate surface area is 172 Å². The van der Waals surface area contributed by atoms with E-state index < -0.39 is 5.97 Å². The molecular formula is C25H44O3. The maximum absolute atomic E-state index is 11.0. The molecule has 3 nitrogen and oxygen atoms in total. The predicted octanol–water partition coefficient (Wildman–Crippen LogP) is 6.14. The molecule has 162 valence electrons. The van der Waals surface area contributed by atoms with Crippen molar-refractivity contribution in [2.24, 2.45) is 46.3 Å². The largest absolute Gasteiger partial charge is 0.481 e. The molecule has 4 aliphatic carbocycles. The van der Waals surface area contributed by atoms with E-state index in [1.165, 1.54) is 64.2 Å². The number of aliphatic carboxylic acids is 1. The fraction of sp³-hybridized carbons (Fsp3) is 0.960. The first-order valence-electron chi connectivity index (χ1n) is 12.0. The number of carbonyl (C=O) groups is 1. The maximum Gasteiger partial charge on any atom is 0.303 e. The van der Waals surface area contributed by atoms with Crippen LogP contribution in [0.5, 0.6) is 0 Å². The second kappa shape index (κ2) is 8.66. The minimum Gasteiger partial charge on any atom is -0.481 e. The van der Waals surface area contributed by atoms with Gasteiger partial charge in [0.05, 0.1) is 0 Å². The summed E-state index contributed by atoms with van der Waals surface area (Å²) in [7, 11) is 1.00. The topological polar surface area (TPSA) is 57.5 Å². The Morgan fingerprint density at radius 1 is 0.929 bits per heavy atom. The van der Waals surface area contributed by atoms with Gasteiger partial charge in [0.25, 0.3) is 0 Å². The van der Waals surface area contributed by atoms with Gasteiger partial charge >= 0.3 is 5.97 Å². The summed E-state index contributed by atoms with van der Waals surface area (Å²) in [6.07, 6.45) is 15.7. The molecule has 28 heavy (non-hydrogen) atoms. The normalized spacial score (nSPS) is 45.7. The number of aliphatic hydroxyl groups is 1. The van der Waals surface area contributed by atoms with Crippen LogP contribution in [-0.4, -0.2) is 23.3 Å². The van der Waals surface area contributed by atoms with Crippen molar-refractivity contribution in [3.8, 4) is 0 Å². The van der Waals surface area contributed by atoms with Gasteiger partial charge in [-0.15, -0.1) is 0 Å². The van der Waals surface area contributed by atoms with E-state index in [1.54, 1.807) is 0 Å². The Morgan fingerprint density at radius 2 is 1.64 bits per heavy atom. The van der Waals surface area contributed by atoms with Crippen LogP contribution in [0.1, 0.15) is 97.8 Å². The molecule has 8 atom stereocenters. The van der Waals surface area contributed by atoms with E-state index >= 15 is 0 Å². The fourth-order valence-corrected chi connectivity index (χ4v) is 8.82. The number of hydrogen-bond donors (Lipinski definition) is 2. The van der Waals surface area contributed by atoms with Crippen molar-refractivity contribution in [1.82, 2.24) is 0 Å². The molecule has 4 fully saturated rings. The van der Waals surface area contributed by atoms with Crippen molar-refractivity contribution in [3.05, 3.63) is 0 Å². The van der Waals surface area contributed by atoms with Crippen LogP contribution in [0.2, 0.25) is 0 Å². The number of carboxylic acid groups (broad SMARTS) is 1. The number of fused-ring (bicyclic) bond motifs is 5. The number of aliphatic hydroxyl groups excluding tert-OH is 1. The van der Waals surface area contributed by atoms with Gasteiger partial charge in [-0.25, -0.2) is 0 Å². The lowest BCUT2D eigenvalue weighted by Crippen LogP contribution is -2.53. The number of rotatable bonds is 4. The molecular weight excluding hydrogens is 348 g/mol. The lowest BCUT2D eigenvalue weighted by Gasteiger charge is -2.61. The van der Waals surface area contributed by atoms with Crippen molar-refractivity contribution in [2.75, 3.05) is 7.11 Å². The molecule has 0 aromatic rings. The van der Waals surface area contributed by atoms with Crippen LogP contribution < -0.4 is 0 Å². The molecule has 4 saturated carbocycles. The van der Waals surface area contributed by atoms with Crippen molar-refractivity contribution >= 4 is 5.97 Å². The molecule has 2 N–H and O–H groups in total. The SMILES string of the molecule is CC(CCC(=O)O)C1CCC2C3CCC4CCCCC4(C)C3CCC12C.CO. The van der Waals surface area contributed by atoms with Crippen molar-refractivity contribution in [3.63, 3.8) is 0 Å². The van der Waals surface area contributed by atoms with Gasteiger partial charge in [-0.05, 0) is 104 Å². The smallest absolute Gasteiger partial charge is 0.303 e. The first-order valence-corrected chi connectivity index (χ1v) is 12.0. The molecule has 0 radical (unpaired) electrons. The molecule has 0 saturated heterocycles. The number of hydrogen-bond acceptors (Lipinski definition) is 2. The zero-order chi connectivity index (χ0) is 20.5. The van der Waals surface area contributed by atoms with Gasteiger partial charge in [0.1, 0.15) is 0 Å². The lowest BCUT2D eigenvalue weighted by atomic mass is 9.44. The summed E-state index contributed by atoms with van der Waals surface area (Å²) in [6, 6.07) is 0. The quantitative estimate of drug-likeness (QED) is 0.603. The highest BCUT2D eigenvalue weighted by Crippen LogP contribution is 2.68. The highest BCUT2D eigenvalue weighted by atomic mass is 16.4. The van der Waals surface area contributed by atoms with E-state index in [0.29, 0.717) is 23.2 Å². The number of carboxylic acids is 1. The molecule has 4 aliphatic rings. The van der Waals surface area contributed by atoms with E-state index in [1.807, 2.05) is 0 Å². The molecule has 0 amide bonds. The Balaban J connectivity index is 0.00000109. The average molecular weight is 393 g/mol. The highest BCUT2D eigenvalue weighted by molar-refractivity contribution is 5.66. The molecule has 0 bridgehead atoms. The van der Waals surface area contributed by atoms with Crippen LogP contribution in [0.4, 0.5) is 0 Å². The van der Waals surface area contributed by atoms with Crippen LogP contribution in [0.15, 0.2) is 0 Å². The fourth-order valence-electron chi connectivity index (χ4n) is 8.82. The van der Waals surface area contributed by atoms with Gasteiger partial charge in [-0.3, -0.25) is 4.79 Å². The van der Waals surface area contributed by atoms with E-state index in [0.717, 1.165) is 43.1 Å². The first kappa shape index (κ1) is 22.1. The summed E-state index contributed by atoms with van der Waals surface area (Å²) < 4.78 is 0. The van der Waals surface area contributed by atoms with Gasteiger partial charge in [-0.2, -0.15) is 0 Å². The van der Waals surface area contributed by atoms with Crippen molar-refractivity contribution < 1.29 is 15.0 Å². The summed E-state index contributed by atoms with van der Waals surface area (Å²) in [5.41, 5.74) is 1.12. The Bertz CT molecular complexity index is 546. The Hall–Kier alpha value is -0.570. The highest BCUT2D eigenvalue weighted by Gasteiger charge is 2.60. The van der Waals surface area contributed by atoms with Gasteiger partial charge in [0.15, 0.2) is 0 Å². The molecule has 0 aliphatic heterocycles. The minimum absolute atomic E-state index is 0.351. The van der Waals surface area contributed by atoms with Gasteiger partial charge in [0.2, 0.25) is 0 Å². The standard InChI is InChI=1S/C24H40O2.CH4O/c1-16(7-12-22(25)26)19-10-11-20-18-9-8-17-6-4-5-14-23(17,2)21(18)13-15-24(19,20)3;1-2/h16-21H,4-15H2,1-3H3,(H,25,26);2H,1H3. The van der Waals surface area contributed by atoms with Crippen molar-refractivity contribution in [2.45, 2.75) is 97.8 Å². The van der Waals surface area contributed by atoms with Crippen LogP contribution >= 0.6 is 0 Å². The third-order valence-corrected chi connectivity index (χ3v) is 10.2. The van der Waals surface area contributed by atoms with Gasteiger partial charge in [-0.1, -0.05) is 33.6 Å². The maximum atomic E-state index is 11.0. The van der Waals surface area contributed by atoms with E-state index in [9.17, 15) is 4.79 Å². The Morgan fingerprint density at radius 3 is 2.36 bits per heavy atom. The van der Waals surface area contributed by atoms with Crippen molar-refractivity contribution in [1.29, 1.82) is 0 Å². The molecule has 0 aromatic heterocycles. The summed E-state index contributed by atoms with van der Waals surface area (Å²) in [5, 5.41) is 16.1. The van der Waals surface area contributed by atoms with E-state index in [-0.39, 0.29) is 0 Å². The molecule has 3 heteroatoms. The van der Waals surface area contributed by atoms with Gasteiger partial charge in [0, 0.05) is 13.5 Å². The second-order valence-corrected chi connectivity index (χ2v) is 11.0. The molecule has 0 spiro atoms. The monoisotopic (exact) mass is 392 g/mol. The molecule has 8 unspecified atom stereocenters. The third kappa shape index (κ3) is 3.66. The summed E-state index contributed by atoms with van der Waals surface area (Å²) in [5.74, 6) is 4.57. The van der Waals surface area contributed by atoms with Crippen LogP contribution in [0, 0.1) is 46.3 Å². The minimum atomic E-state index is -0.621. The Kier molecular flexibility index (Phi) is 6.84. The van der Waals surface area contributed by atoms with Crippen LogP contribution in [0.3, 0.4) is 0 Å². The predicted molar refractivity (Wildman–Crippen MR) is 114 cm³/mol. The molecule has 4 rings (SSSR count). The van der Waals surface area contributed by atoms with E-state index in [2.05, 4.69) is 20.8 Å². The summed E-state index contributed by atoms with van der Waals surface area (Å²) >= 11 is 0. The van der Waals surface area contributed by atoms with E-state index in [4.69, 9.17) is 10.2 Å². The lowest BCUT2D eigenvalue weighted by molar-refractivity contribution is -0.137. The van der Waals surface area contributed by atoms with Gasteiger partial charge < -0.3 is 10.2 Å². The van der Waals surface area contributed by atoms with Crippen LogP contribution in [0.25, 0.3) is 0 Å². The molecule has 0 aromatic carbocycles. The summed E-state index contributed by atoms with van der Waals surface area (Å²) in [4.78, 5) is 11.0.